The van der Waals surface area contributed by atoms with E-state index in [1.165, 1.54) is 4.90 Å². The molecule has 7 heteroatoms. The van der Waals surface area contributed by atoms with Crippen LogP contribution < -0.4 is 0 Å². The molecule has 0 unspecified atom stereocenters. The molecule has 0 radical (unpaired) electrons. The standard InChI is InChI=1S/C20H24BNO5/c1-3-4-12-9-15-17(20(25)22(2)19(15)24)14-10-16(27-21(26)18(12)14)11-5-7-13(23)8-6-11/h5-8,14-17,23,26H,3-4,9-10H2,1-2H3/t14-,15-,16-,17+/m0/s1. The number of carbonyl (C=O) groups excluding carboxylic acids is 2. The number of carbonyl (C=O) groups is 2. The number of benzene rings is 1. The van der Waals surface area contributed by atoms with Gasteiger partial charge >= 0.3 is 7.12 Å². The number of allylic oxidation sites excluding steroid dienone is 2. The van der Waals surface area contributed by atoms with Crippen molar-refractivity contribution in [3.8, 4) is 5.75 Å². The molecule has 1 aromatic carbocycles. The Morgan fingerprint density at radius 2 is 1.89 bits per heavy atom. The first kappa shape index (κ1) is 18.3. The molecule has 0 spiro atoms. The van der Waals surface area contributed by atoms with Crippen LogP contribution in [0.5, 0.6) is 5.75 Å². The molecule has 2 aliphatic heterocycles. The Morgan fingerprint density at radius 1 is 1.19 bits per heavy atom. The molecule has 6 nitrogen and oxygen atoms in total. The number of aromatic hydroxyl groups is 1. The molecule has 4 atom stereocenters. The van der Waals surface area contributed by atoms with E-state index in [0.29, 0.717) is 12.8 Å². The van der Waals surface area contributed by atoms with Gasteiger partial charge in [0.15, 0.2) is 0 Å². The Labute approximate surface area is 159 Å². The number of hydrogen-bond donors (Lipinski definition) is 2. The summed E-state index contributed by atoms with van der Waals surface area (Å²) < 4.78 is 5.90. The molecule has 27 heavy (non-hydrogen) atoms. The van der Waals surface area contributed by atoms with Crippen molar-refractivity contribution in [3.63, 3.8) is 0 Å². The van der Waals surface area contributed by atoms with Crippen molar-refractivity contribution in [2.45, 2.75) is 38.7 Å². The third-order valence-electron chi connectivity index (χ3n) is 6.25. The summed E-state index contributed by atoms with van der Waals surface area (Å²) in [4.78, 5) is 26.6. The summed E-state index contributed by atoms with van der Waals surface area (Å²) in [5.74, 6) is -1.05. The maximum atomic E-state index is 12.8. The van der Waals surface area contributed by atoms with Crippen molar-refractivity contribution in [2.75, 3.05) is 7.05 Å². The molecular formula is C20H24BNO5. The predicted molar refractivity (Wildman–Crippen MR) is 99.3 cm³/mol. The van der Waals surface area contributed by atoms with Crippen molar-refractivity contribution in [2.24, 2.45) is 17.8 Å². The fourth-order valence-electron chi connectivity index (χ4n) is 5.01. The maximum absolute atomic E-state index is 12.8. The van der Waals surface area contributed by atoms with Gasteiger partial charge in [-0.25, -0.2) is 0 Å². The average molecular weight is 369 g/mol. The second-order valence-corrected chi connectivity index (χ2v) is 7.79. The summed E-state index contributed by atoms with van der Waals surface area (Å²) in [7, 11) is 0.480. The highest BCUT2D eigenvalue weighted by atomic mass is 16.5. The normalized spacial score (nSPS) is 30.6. The molecule has 2 N–H and O–H groups in total. The molecule has 2 saturated heterocycles. The van der Waals surface area contributed by atoms with Crippen molar-refractivity contribution >= 4 is 18.9 Å². The van der Waals surface area contributed by atoms with Crippen LogP contribution in [0.15, 0.2) is 35.3 Å². The fraction of sp³-hybridized carbons (Fsp3) is 0.500. The second-order valence-electron chi connectivity index (χ2n) is 7.79. The second kappa shape index (κ2) is 6.80. The Morgan fingerprint density at radius 3 is 2.56 bits per heavy atom. The van der Waals surface area contributed by atoms with Crippen LogP contribution in [0.2, 0.25) is 0 Å². The first-order chi connectivity index (χ1) is 12.9. The minimum absolute atomic E-state index is 0.111. The van der Waals surface area contributed by atoms with E-state index in [2.05, 4.69) is 6.92 Å². The number of phenols is 1. The van der Waals surface area contributed by atoms with Gasteiger partial charge in [-0.1, -0.05) is 31.1 Å². The molecule has 2 fully saturated rings. The maximum Gasteiger partial charge on any atom is 0.487 e. The summed E-state index contributed by atoms with van der Waals surface area (Å²) in [5.41, 5.74) is 2.72. The first-order valence-corrected chi connectivity index (χ1v) is 9.58. The molecule has 0 aromatic heterocycles. The zero-order valence-corrected chi connectivity index (χ0v) is 15.6. The van der Waals surface area contributed by atoms with Gasteiger partial charge in [0.2, 0.25) is 11.8 Å². The number of phenolic OH excluding ortho intramolecular Hbond substituents is 1. The molecule has 2 heterocycles. The number of hydrogen-bond acceptors (Lipinski definition) is 5. The van der Waals surface area contributed by atoms with Crippen LogP contribution in [-0.2, 0) is 14.2 Å². The minimum Gasteiger partial charge on any atom is -0.508 e. The Hall–Kier alpha value is -2.12. The van der Waals surface area contributed by atoms with Gasteiger partial charge in [0.05, 0.1) is 17.9 Å². The molecule has 1 aromatic rings. The Balaban J connectivity index is 1.73. The van der Waals surface area contributed by atoms with E-state index in [1.807, 2.05) is 0 Å². The molecule has 4 rings (SSSR count). The Kier molecular flexibility index (Phi) is 4.60. The third-order valence-corrected chi connectivity index (χ3v) is 6.25. The van der Waals surface area contributed by atoms with Gasteiger partial charge in [-0.15, -0.1) is 0 Å². The highest BCUT2D eigenvalue weighted by molar-refractivity contribution is 6.53. The number of fused-ring (bicyclic) bond motifs is 3. The van der Waals surface area contributed by atoms with Crippen molar-refractivity contribution in [3.05, 3.63) is 40.9 Å². The molecule has 0 bridgehead atoms. The molecule has 1 aliphatic carbocycles. The van der Waals surface area contributed by atoms with Crippen LogP contribution in [0, 0.1) is 17.8 Å². The van der Waals surface area contributed by atoms with Gasteiger partial charge < -0.3 is 14.8 Å². The van der Waals surface area contributed by atoms with Crippen LogP contribution >= 0.6 is 0 Å². The summed E-state index contributed by atoms with van der Waals surface area (Å²) in [5, 5.41) is 20.3. The van der Waals surface area contributed by atoms with E-state index in [9.17, 15) is 19.7 Å². The van der Waals surface area contributed by atoms with Crippen LogP contribution in [0.4, 0.5) is 0 Å². The zero-order valence-electron chi connectivity index (χ0n) is 15.6. The predicted octanol–water partition coefficient (Wildman–Crippen LogP) is 2.22. The average Bonchev–Trinajstić information content (AvgIpc) is 2.86. The first-order valence-electron chi connectivity index (χ1n) is 9.58. The Bertz CT molecular complexity index is 805. The molecule has 2 amide bonds. The largest absolute Gasteiger partial charge is 0.508 e. The summed E-state index contributed by atoms with van der Waals surface area (Å²) >= 11 is 0. The van der Waals surface area contributed by atoms with Crippen molar-refractivity contribution in [1.82, 2.24) is 4.90 Å². The van der Waals surface area contributed by atoms with E-state index < -0.39 is 13.0 Å². The summed E-state index contributed by atoms with van der Waals surface area (Å²) in [6, 6.07) is 6.70. The van der Waals surface area contributed by atoms with Crippen molar-refractivity contribution < 1.29 is 24.4 Å². The zero-order chi connectivity index (χ0) is 19.3. The lowest BCUT2D eigenvalue weighted by molar-refractivity contribution is -0.138. The lowest BCUT2D eigenvalue weighted by atomic mass is 9.54. The molecule has 0 saturated carbocycles. The fourth-order valence-corrected chi connectivity index (χ4v) is 5.01. The lowest BCUT2D eigenvalue weighted by Crippen LogP contribution is -2.44. The monoisotopic (exact) mass is 369 g/mol. The summed E-state index contributed by atoms with van der Waals surface area (Å²) in [6.45, 7) is 2.07. The minimum atomic E-state index is -1.07. The highest BCUT2D eigenvalue weighted by Gasteiger charge is 2.56. The van der Waals surface area contributed by atoms with Crippen molar-refractivity contribution in [1.29, 1.82) is 0 Å². The number of rotatable bonds is 3. The molecule has 142 valence electrons. The van der Waals surface area contributed by atoms with E-state index in [0.717, 1.165) is 29.5 Å². The lowest BCUT2D eigenvalue weighted by Gasteiger charge is -2.42. The molecule has 3 aliphatic rings. The van der Waals surface area contributed by atoms with Crippen LogP contribution in [-0.4, -0.2) is 41.0 Å². The van der Waals surface area contributed by atoms with E-state index >= 15 is 0 Å². The van der Waals surface area contributed by atoms with Crippen LogP contribution in [0.3, 0.4) is 0 Å². The quantitative estimate of drug-likeness (QED) is 0.630. The van der Waals surface area contributed by atoms with Gasteiger partial charge in [0.1, 0.15) is 5.75 Å². The van der Waals surface area contributed by atoms with E-state index in [1.54, 1.807) is 31.3 Å². The van der Waals surface area contributed by atoms with E-state index in [-0.39, 0.29) is 35.5 Å². The number of amides is 2. The number of likely N-dealkylation sites (tertiary alicyclic amines) is 1. The van der Waals surface area contributed by atoms with Gasteiger partial charge in [-0.3, -0.25) is 14.5 Å². The van der Waals surface area contributed by atoms with Crippen LogP contribution in [0.1, 0.15) is 44.3 Å². The highest BCUT2D eigenvalue weighted by Crippen LogP contribution is 2.51. The van der Waals surface area contributed by atoms with Crippen LogP contribution in [0.25, 0.3) is 0 Å². The third kappa shape index (κ3) is 2.89. The number of nitrogens with zero attached hydrogens (tertiary/aromatic N) is 1. The van der Waals surface area contributed by atoms with Gasteiger partial charge in [0, 0.05) is 7.05 Å². The number of imide groups is 1. The topological polar surface area (TPSA) is 87.1 Å². The molecular weight excluding hydrogens is 345 g/mol. The van der Waals surface area contributed by atoms with E-state index in [4.69, 9.17) is 4.65 Å². The smallest absolute Gasteiger partial charge is 0.487 e. The van der Waals surface area contributed by atoms with Gasteiger partial charge in [-0.2, -0.15) is 0 Å². The summed E-state index contributed by atoms with van der Waals surface area (Å²) in [6.07, 6.45) is 2.39. The SMILES string of the molecule is CCCC1=C2B(O)O[C@H](c3ccc(O)cc3)C[C@H]2[C@H]2C(=O)N(C)C(=O)[C@H]2C1. The van der Waals surface area contributed by atoms with Gasteiger partial charge in [0.25, 0.3) is 0 Å². The van der Waals surface area contributed by atoms with Gasteiger partial charge in [-0.05, 0) is 48.3 Å².